The monoisotopic (exact) mass is 403 g/mol. The van der Waals surface area contributed by atoms with E-state index in [1.54, 1.807) is 12.1 Å². The maximum Gasteiger partial charge on any atom is 0.344 e. The Morgan fingerprint density at radius 1 is 1.31 bits per heavy atom. The number of carbonyl (C=O) groups is 1. The van der Waals surface area contributed by atoms with E-state index in [9.17, 15) is 14.7 Å². The summed E-state index contributed by atoms with van der Waals surface area (Å²) in [5.41, 5.74) is 5.59. The number of methoxy groups -OCH3 is 1. The van der Waals surface area contributed by atoms with Gasteiger partial charge in [-0.3, -0.25) is 4.79 Å². The first-order valence-electron chi connectivity index (χ1n) is 9.86. The second-order valence-electron chi connectivity index (χ2n) is 8.72. The van der Waals surface area contributed by atoms with Crippen molar-refractivity contribution in [3.8, 4) is 5.75 Å². The van der Waals surface area contributed by atoms with Crippen molar-refractivity contribution >= 4 is 22.6 Å². The van der Waals surface area contributed by atoms with Crippen LogP contribution in [0.3, 0.4) is 0 Å². The Kier molecular flexibility index (Phi) is 4.57. The van der Waals surface area contributed by atoms with Gasteiger partial charge in [-0.05, 0) is 36.8 Å². The molecule has 2 aliphatic rings. The first kappa shape index (κ1) is 19.7. The molecule has 2 fully saturated rings. The van der Waals surface area contributed by atoms with Crippen LogP contribution in [0.5, 0.6) is 5.75 Å². The summed E-state index contributed by atoms with van der Waals surface area (Å²) in [4.78, 5) is 26.5. The van der Waals surface area contributed by atoms with E-state index in [0.717, 1.165) is 31.5 Å². The third kappa shape index (κ3) is 3.06. The van der Waals surface area contributed by atoms with E-state index in [4.69, 9.17) is 10.5 Å². The smallest absolute Gasteiger partial charge is 0.344 e. The average molecular weight is 403 g/mol. The van der Waals surface area contributed by atoms with Gasteiger partial charge < -0.3 is 25.0 Å². The lowest BCUT2D eigenvalue weighted by Crippen LogP contribution is -2.52. The number of aromatic carboxylic acids is 1. The van der Waals surface area contributed by atoms with Crippen LogP contribution in [0.2, 0.25) is 0 Å². The van der Waals surface area contributed by atoms with E-state index in [1.807, 2.05) is 0 Å². The highest BCUT2D eigenvalue weighted by Crippen LogP contribution is 2.44. The Morgan fingerprint density at radius 3 is 2.55 bits per heavy atom. The van der Waals surface area contributed by atoms with E-state index in [2.05, 4.69) is 18.7 Å². The van der Waals surface area contributed by atoms with Crippen LogP contribution in [-0.2, 0) is 0 Å². The predicted octanol–water partition coefficient (Wildman–Crippen LogP) is 2.75. The minimum absolute atomic E-state index is 0.0745. The number of nitrogens with two attached hydrogens (primary N) is 1. The number of fused-ring (bicyclic) bond motifs is 1. The molecule has 0 bridgehead atoms. The molecule has 0 spiro atoms. The molecule has 3 N–H and O–H groups in total. The highest BCUT2D eigenvalue weighted by Gasteiger charge is 2.37. The molecule has 4 rings (SSSR count). The summed E-state index contributed by atoms with van der Waals surface area (Å²) in [5.74, 6) is -2.17. The quantitative estimate of drug-likeness (QED) is 0.762. The molecule has 1 saturated heterocycles. The zero-order chi connectivity index (χ0) is 21.1. The van der Waals surface area contributed by atoms with Crippen LogP contribution in [0, 0.1) is 11.4 Å². The summed E-state index contributed by atoms with van der Waals surface area (Å²) in [6.45, 7) is 5.63. The van der Waals surface area contributed by atoms with Gasteiger partial charge in [0.25, 0.3) is 0 Å². The fourth-order valence-electron chi connectivity index (χ4n) is 4.32. The average Bonchev–Trinajstić information content (AvgIpc) is 3.48. The van der Waals surface area contributed by atoms with Crippen molar-refractivity contribution in [1.29, 1.82) is 0 Å². The van der Waals surface area contributed by atoms with Gasteiger partial charge in [0.2, 0.25) is 11.4 Å². The van der Waals surface area contributed by atoms with E-state index in [1.165, 1.54) is 11.7 Å². The van der Waals surface area contributed by atoms with Gasteiger partial charge in [-0.2, -0.15) is 4.39 Å². The normalized spacial score (nSPS) is 21.4. The molecule has 0 radical (unpaired) electrons. The van der Waals surface area contributed by atoms with Gasteiger partial charge in [0, 0.05) is 25.2 Å². The summed E-state index contributed by atoms with van der Waals surface area (Å²) in [6, 6.07) is 3.25. The van der Waals surface area contributed by atoms with Gasteiger partial charge in [-0.1, -0.05) is 13.8 Å². The molecular weight excluding hydrogens is 377 g/mol. The maximum atomic E-state index is 15.2. The summed E-state index contributed by atoms with van der Waals surface area (Å²) < 4.78 is 22.2. The number of halogens is 1. The first-order chi connectivity index (χ1) is 13.7. The molecule has 1 unspecified atom stereocenters. The van der Waals surface area contributed by atoms with Crippen LogP contribution in [0.4, 0.5) is 10.1 Å². The van der Waals surface area contributed by atoms with Gasteiger partial charge in [0.05, 0.1) is 23.7 Å². The zero-order valence-corrected chi connectivity index (χ0v) is 16.9. The SMILES string of the molecule is COc1c(N2CCC(N)C(C)(C)C2)ccc2c(=O)c(C(=O)O)c(F)n(C3CC3)c12. The van der Waals surface area contributed by atoms with Crippen LogP contribution in [0.15, 0.2) is 16.9 Å². The molecule has 1 aliphatic carbocycles. The third-order valence-electron chi connectivity index (χ3n) is 6.22. The molecule has 1 aliphatic heterocycles. The predicted molar refractivity (Wildman–Crippen MR) is 109 cm³/mol. The van der Waals surface area contributed by atoms with Crippen molar-refractivity contribution in [2.45, 2.75) is 45.2 Å². The van der Waals surface area contributed by atoms with E-state index in [-0.39, 0.29) is 22.9 Å². The molecule has 29 heavy (non-hydrogen) atoms. The lowest BCUT2D eigenvalue weighted by molar-refractivity contribution is 0.0688. The Bertz CT molecular complexity index is 1060. The summed E-state index contributed by atoms with van der Waals surface area (Å²) in [5, 5.41) is 9.55. The van der Waals surface area contributed by atoms with E-state index in [0.29, 0.717) is 17.8 Å². The summed E-state index contributed by atoms with van der Waals surface area (Å²) in [6.07, 6.45) is 2.26. The number of hydrogen-bond acceptors (Lipinski definition) is 5. The first-order valence-corrected chi connectivity index (χ1v) is 9.86. The van der Waals surface area contributed by atoms with Crippen molar-refractivity contribution in [2.24, 2.45) is 11.1 Å². The van der Waals surface area contributed by atoms with Gasteiger partial charge >= 0.3 is 5.97 Å². The Balaban J connectivity index is 1.99. The number of carboxylic acids is 1. The molecule has 2 heterocycles. The van der Waals surface area contributed by atoms with Crippen LogP contribution in [0.25, 0.3) is 10.9 Å². The number of piperidine rings is 1. The second-order valence-corrected chi connectivity index (χ2v) is 8.72. The topological polar surface area (TPSA) is 97.8 Å². The van der Waals surface area contributed by atoms with Crippen molar-refractivity contribution in [3.05, 3.63) is 33.9 Å². The van der Waals surface area contributed by atoms with E-state index < -0.39 is 22.9 Å². The lowest BCUT2D eigenvalue weighted by atomic mass is 9.79. The largest absolute Gasteiger partial charge is 0.492 e. The molecule has 1 atom stereocenters. The van der Waals surface area contributed by atoms with Crippen LogP contribution in [0.1, 0.15) is 49.5 Å². The molecule has 7 nitrogen and oxygen atoms in total. The minimum atomic E-state index is -1.56. The zero-order valence-electron chi connectivity index (χ0n) is 16.9. The third-order valence-corrected chi connectivity index (χ3v) is 6.22. The molecule has 2 aromatic rings. The van der Waals surface area contributed by atoms with Gasteiger partial charge in [0.1, 0.15) is 0 Å². The minimum Gasteiger partial charge on any atom is -0.492 e. The molecule has 8 heteroatoms. The maximum absolute atomic E-state index is 15.2. The van der Waals surface area contributed by atoms with Crippen LogP contribution >= 0.6 is 0 Å². The lowest BCUT2D eigenvalue weighted by Gasteiger charge is -2.44. The Hall–Kier alpha value is -2.61. The summed E-state index contributed by atoms with van der Waals surface area (Å²) in [7, 11) is 1.49. The fraction of sp³-hybridized carbons (Fsp3) is 0.524. The van der Waals surface area contributed by atoms with Crippen LogP contribution in [-0.4, -0.2) is 41.9 Å². The number of carboxylic acid groups (broad SMARTS) is 1. The molecule has 156 valence electrons. The van der Waals surface area contributed by atoms with Crippen molar-refractivity contribution in [3.63, 3.8) is 0 Å². The molecular formula is C21H26FN3O4. The Morgan fingerprint density at radius 2 is 2.00 bits per heavy atom. The highest BCUT2D eigenvalue weighted by molar-refractivity contribution is 5.97. The number of nitrogens with zero attached hydrogens (tertiary/aromatic N) is 2. The van der Waals surface area contributed by atoms with Crippen LogP contribution < -0.4 is 20.8 Å². The second kappa shape index (κ2) is 6.73. The molecule has 1 aromatic heterocycles. The molecule has 1 saturated carbocycles. The Labute approximate surface area is 167 Å². The number of rotatable bonds is 4. The molecule has 0 amide bonds. The van der Waals surface area contributed by atoms with Gasteiger partial charge in [-0.15, -0.1) is 0 Å². The van der Waals surface area contributed by atoms with Crippen molar-refractivity contribution in [1.82, 2.24) is 4.57 Å². The number of hydrogen-bond donors (Lipinski definition) is 2. The number of anilines is 1. The number of aromatic nitrogens is 1. The number of benzene rings is 1. The van der Waals surface area contributed by atoms with E-state index >= 15 is 4.39 Å². The fourth-order valence-corrected chi connectivity index (χ4v) is 4.32. The van der Waals surface area contributed by atoms with Gasteiger partial charge in [0.15, 0.2) is 11.3 Å². The highest BCUT2D eigenvalue weighted by atomic mass is 19.1. The number of pyridine rings is 1. The number of ether oxygens (including phenoxy) is 1. The van der Waals surface area contributed by atoms with Crippen molar-refractivity contribution < 1.29 is 19.0 Å². The summed E-state index contributed by atoms with van der Waals surface area (Å²) >= 11 is 0. The standard InChI is InChI=1S/C21H26FN3O4/c1-21(2)10-24(9-8-14(21)23)13-7-6-12-16(18(13)29-3)25(11-4-5-11)19(22)15(17(12)26)20(27)28/h6-7,11,14H,4-5,8-10,23H2,1-3H3,(H,27,28). The van der Waals surface area contributed by atoms with Crippen molar-refractivity contribution in [2.75, 3.05) is 25.1 Å². The van der Waals surface area contributed by atoms with Gasteiger partial charge in [-0.25, -0.2) is 4.79 Å². The molecule has 1 aromatic carbocycles.